The molecule has 2 N–H and O–H groups in total. The summed E-state index contributed by atoms with van der Waals surface area (Å²) in [4.78, 5) is 40.5. The van der Waals surface area contributed by atoms with E-state index in [4.69, 9.17) is 10.2 Å². The van der Waals surface area contributed by atoms with Gasteiger partial charge in [0.2, 0.25) is 0 Å². The van der Waals surface area contributed by atoms with E-state index in [0.29, 0.717) is 0 Å². The van der Waals surface area contributed by atoms with Gasteiger partial charge in [0.05, 0.1) is 24.9 Å². The van der Waals surface area contributed by atoms with Crippen molar-refractivity contribution in [2.75, 3.05) is 13.2 Å². The summed E-state index contributed by atoms with van der Waals surface area (Å²) in [5.41, 5.74) is 0.0573. The van der Waals surface area contributed by atoms with E-state index >= 15 is 0 Å². The third kappa shape index (κ3) is 12.9. The highest BCUT2D eigenvalue weighted by atomic mass is 16.6. The average Bonchev–Trinajstić information content (AvgIpc) is 2.81. The van der Waals surface area contributed by atoms with Crippen molar-refractivity contribution in [3.8, 4) is 0 Å². The summed E-state index contributed by atoms with van der Waals surface area (Å²) in [7, 11) is 0. The molecule has 1 aliphatic heterocycles. The number of cyclic esters (lactones) is 2. The lowest BCUT2D eigenvalue weighted by molar-refractivity contribution is -0.154. The van der Waals surface area contributed by atoms with Gasteiger partial charge in [0.25, 0.3) is 0 Å². The first kappa shape index (κ1) is 23.5. The SMILES string of the molecule is C=CCOC(=O)C(=C)CO.C=COC(C)=O.O=C1CC(O)C(=O)O1. The van der Waals surface area contributed by atoms with Gasteiger partial charge >= 0.3 is 23.9 Å². The molecule has 1 aliphatic rings. The van der Waals surface area contributed by atoms with Crippen LogP contribution in [0.2, 0.25) is 0 Å². The number of aliphatic hydroxyl groups is 2. The van der Waals surface area contributed by atoms with Crippen molar-refractivity contribution >= 4 is 23.9 Å². The van der Waals surface area contributed by atoms with Crippen LogP contribution in [0, 0.1) is 0 Å². The van der Waals surface area contributed by atoms with Crippen LogP contribution >= 0.6 is 0 Å². The van der Waals surface area contributed by atoms with Gasteiger partial charge in [-0.3, -0.25) is 9.59 Å². The van der Waals surface area contributed by atoms with Crippen LogP contribution < -0.4 is 0 Å². The van der Waals surface area contributed by atoms with E-state index < -0.39 is 24.0 Å². The Hall–Kier alpha value is -2.78. The second-order valence-electron chi connectivity index (χ2n) is 3.94. The van der Waals surface area contributed by atoms with Crippen molar-refractivity contribution in [3.05, 3.63) is 37.6 Å². The Kier molecular flexibility index (Phi) is 13.6. The smallest absolute Gasteiger partial charge is 0.343 e. The zero-order chi connectivity index (χ0) is 19.1. The van der Waals surface area contributed by atoms with Gasteiger partial charge in [-0.05, 0) is 0 Å². The molecule has 9 heteroatoms. The zero-order valence-electron chi connectivity index (χ0n) is 13.2. The predicted octanol–water partition coefficient (Wildman–Crippen LogP) is -0.222. The van der Waals surface area contributed by atoms with E-state index in [1.54, 1.807) is 0 Å². The van der Waals surface area contributed by atoms with Crippen LogP contribution in [0.5, 0.6) is 0 Å². The van der Waals surface area contributed by atoms with E-state index in [1.807, 2.05) is 0 Å². The van der Waals surface area contributed by atoms with Crippen LogP contribution in [-0.2, 0) is 33.4 Å². The number of ether oxygens (including phenoxy) is 3. The van der Waals surface area contributed by atoms with Crippen molar-refractivity contribution < 1.29 is 43.6 Å². The van der Waals surface area contributed by atoms with E-state index in [0.717, 1.165) is 6.26 Å². The van der Waals surface area contributed by atoms with E-state index in [-0.39, 0.29) is 31.2 Å². The first-order valence-electron chi connectivity index (χ1n) is 6.46. The Labute approximate surface area is 138 Å². The second-order valence-corrected chi connectivity index (χ2v) is 3.94. The molecule has 0 radical (unpaired) electrons. The van der Waals surface area contributed by atoms with Crippen LogP contribution in [0.4, 0.5) is 0 Å². The molecule has 1 heterocycles. The first-order chi connectivity index (χ1) is 11.2. The van der Waals surface area contributed by atoms with Crippen molar-refractivity contribution in [3.63, 3.8) is 0 Å². The number of hydrogen-bond donors (Lipinski definition) is 2. The molecule has 0 amide bonds. The summed E-state index contributed by atoms with van der Waals surface area (Å²) >= 11 is 0. The van der Waals surface area contributed by atoms with Crippen molar-refractivity contribution in [1.29, 1.82) is 0 Å². The molecule has 0 aromatic rings. The maximum Gasteiger partial charge on any atom is 0.343 e. The molecule has 24 heavy (non-hydrogen) atoms. The summed E-state index contributed by atoms with van der Waals surface area (Å²) in [6, 6.07) is 0. The summed E-state index contributed by atoms with van der Waals surface area (Å²) in [5.74, 6) is -2.40. The molecule has 1 atom stereocenters. The fraction of sp³-hybridized carbons (Fsp3) is 0.333. The highest BCUT2D eigenvalue weighted by Gasteiger charge is 2.30. The van der Waals surface area contributed by atoms with Crippen LogP contribution in [0.25, 0.3) is 0 Å². The van der Waals surface area contributed by atoms with E-state index in [9.17, 15) is 19.2 Å². The Balaban J connectivity index is 0. The zero-order valence-corrected chi connectivity index (χ0v) is 13.2. The Morgan fingerprint density at radius 1 is 1.38 bits per heavy atom. The fourth-order valence-corrected chi connectivity index (χ4v) is 0.882. The third-order valence-corrected chi connectivity index (χ3v) is 1.91. The van der Waals surface area contributed by atoms with Crippen molar-refractivity contribution in [1.82, 2.24) is 0 Å². The number of esters is 4. The molecule has 0 aliphatic carbocycles. The molecule has 0 bridgehead atoms. The Bertz CT molecular complexity index is 493. The summed E-state index contributed by atoms with van der Waals surface area (Å²) in [6.45, 7) is 10.9. The minimum absolute atomic E-state index is 0.0573. The third-order valence-electron chi connectivity index (χ3n) is 1.91. The van der Waals surface area contributed by atoms with Crippen LogP contribution in [0.3, 0.4) is 0 Å². The standard InChI is InChI=1S/C7H10O3.C4H4O4.C4H6O2/c1-3-4-10-7(9)6(2)5-8;5-2-1-3(6)8-4(2)7;1-3-6-4(2)5/h3,8H,1-2,4-5H2;2,5H,1H2;3H,1H2,2H3. The molecule has 1 unspecified atom stereocenters. The molecular formula is C15H20O9. The lowest BCUT2D eigenvalue weighted by atomic mass is 10.3. The molecule has 0 spiro atoms. The van der Waals surface area contributed by atoms with Crippen LogP contribution in [0.1, 0.15) is 13.3 Å². The maximum atomic E-state index is 10.6. The molecule has 134 valence electrons. The number of carbonyl (C=O) groups is 4. The molecule has 9 nitrogen and oxygen atoms in total. The Morgan fingerprint density at radius 2 is 1.96 bits per heavy atom. The first-order valence-corrected chi connectivity index (χ1v) is 6.46. The quantitative estimate of drug-likeness (QED) is 0.173. The normalized spacial score (nSPS) is 14.7. The molecule has 0 aromatic carbocycles. The topological polar surface area (TPSA) is 136 Å². The van der Waals surface area contributed by atoms with Gasteiger partial charge in [-0.15, -0.1) is 0 Å². The minimum atomic E-state index is -1.22. The van der Waals surface area contributed by atoms with Crippen molar-refractivity contribution in [2.24, 2.45) is 0 Å². The number of hydrogen-bond acceptors (Lipinski definition) is 9. The van der Waals surface area contributed by atoms with Gasteiger partial charge in [0.1, 0.15) is 6.61 Å². The van der Waals surface area contributed by atoms with Gasteiger partial charge in [0, 0.05) is 6.92 Å². The number of carbonyl (C=O) groups excluding carboxylic acids is 4. The number of rotatable bonds is 5. The van der Waals surface area contributed by atoms with E-state index in [1.165, 1.54) is 13.0 Å². The molecule has 0 saturated carbocycles. The molecule has 0 aromatic heterocycles. The maximum absolute atomic E-state index is 10.6. The number of aliphatic hydroxyl groups excluding tert-OH is 2. The van der Waals surface area contributed by atoms with Gasteiger partial charge in [-0.1, -0.05) is 25.8 Å². The molecule has 1 fully saturated rings. The summed E-state index contributed by atoms with van der Waals surface area (Å²) in [5, 5.41) is 16.9. The highest BCUT2D eigenvalue weighted by molar-refractivity contribution is 5.95. The minimum Gasteiger partial charge on any atom is -0.458 e. The molecular weight excluding hydrogens is 324 g/mol. The van der Waals surface area contributed by atoms with Gasteiger partial charge in [0.15, 0.2) is 6.10 Å². The summed E-state index contributed by atoms with van der Waals surface area (Å²) < 4.78 is 12.6. The second kappa shape index (κ2) is 13.9. The average molecular weight is 344 g/mol. The lowest BCUT2D eigenvalue weighted by Gasteiger charge is -2.00. The van der Waals surface area contributed by atoms with Gasteiger partial charge < -0.3 is 24.4 Å². The van der Waals surface area contributed by atoms with Crippen LogP contribution in [0.15, 0.2) is 37.6 Å². The van der Waals surface area contributed by atoms with Gasteiger partial charge in [-0.25, -0.2) is 9.59 Å². The van der Waals surface area contributed by atoms with E-state index in [2.05, 4.69) is 33.9 Å². The molecule has 1 rings (SSSR count). The monoisotopic (exact) mass is 344 g/mol. The molecule has 1 saturated heterocycles. The largest absolute Gasteiger partial charge is 0.458 e. The van der Waals surface area contributed by atoms with Gasteiger partial charge in [-0.2, -0.15) is 0 Å². The predicted molar refractivity (Wildman–Crippen MR) is 81.1 cm³/mol. The lowest BCUT2D eigenvalue weighted by Crippen LogP contribution is -2.11. The van der Waals surface area contributed by atoms with Crippen molar-refractivity contribution in [2.45, 2.75) is 19.4 Å². The van der Waals surface area contributed by atoms with Crippen LogP contribution in [-0.4, -0.2) is 53.4 Å². The summed E-state index contributed by atoms with van der Waals surface area (Å²) in [6.07, 6.45) is 1.13. The fourth-order valence-electron chi connectivity index (χ4n) is 0.882. The Morgan fingerprint density at radius 3 is 2.17 bits per heavy atom. The highest BCUT2D eigenvalue weighted by Crippen LogP contribution is 2.05.